The van der Waals surface area contributed by atoms with Crippen LogP contribution in [0.1, 0.15) is 28.3 Å². The molecule has 0 aromatic heterocycles. The molecule has 1 atom stereocenters. The third-order valence-corrected chi connectivity index (χ3v) is 6.90. The number of carbonyl (C=O) groups excluding carboxylic acids is 2. The number of benzene rings is 4. The number of aromatic hydroxyl groups is 1. The fraction of sp³-hybridized carbons (Fsp3) is 0.0968. The van der Waals surface area contributed by atoms with Crippen molar-refractivity contribution < 1.29 is 24.5 Å². The second-order valence-corrected chi connectivity index (χ2v) is 10.0. The number of hydrogen-bond donors (Lipinski definition) is 2. The Hall–Kier alpha value is -4.26. The lowest BCUT2D eigenvalue weighted by Gasteiger charge is -2.26. The summed E-state index contributed by atoms with van der Waals surface area (Å²) in [6.07, 6.45) is 0. The van der Waals surface area contributed by atoms with E-state index >= 15 is 0 Å². The quantitative estimate of drug-likeness (QED) is 0.148. The maximum Gasteiger partial charge on any atom is 0.300 e. The summed E-state index contributed by atoms with van der Waals surface area (Å²) in [5, 5.41) is 21.8. The molecule has 1 unspecified atom stereocenters. The summed E-state index contributed by atoms with van der Waals surface area (Å²) in [7, 11) is 0. The van der Waals surface area contributed by atoms with E-state index in [1.165, 1.54) is 35.2 Å². The number of nitrogens with zero attached hydrogens (tertiary/aromatic N) is 1. The number of halogens is 2. The average molecular weight is 560 g/mol. The first-order valence-electron chi connectivity index (χ1n) is 12.1. The van der Waals surface area contributed by atoms with E-state index in [0.717, 1.165) is 11.1 Å². The van der Waals surface area contributed by atoms with Crippen LogP contribution in [0.25, 0.3) is 5.76 Å². The number of aliphatic hydroxyl groups excluding tert-OH is 1. The van der Waals surface area contributed by atoms with Crippen LogP contribution in [0.2, 0.25) is 10.0 Å². The van der Waals surface area contributed by atoms with Crippen LogP contribution >= 0.6 is 23.2 Å². The second kappa shape index (κ2) is 10.8. The molecule has 2 N–H and O–H groups in total. The Morgan fingerprint density at radius 3 is 2.21 bits per heavy atom. The van der Waals surface area contributed by atoms with Crippen LogP contribution in [0.3, 0.4) is 0 Å². The molecule has 1 heterocycles. The largest absolute Gasteiger partial charge is 0.508 e. The summed E-state index contributed by atoms with van der Waals surface area (Å²) in [4.78, 5) is 28.0. The molecule has 6 nitrogen and oxygen atoms in total. The van der Waals surface area contributed by atoms with Gasteiger partial charge in [0.25, 0.3) is 11.7 Å². The molecule has 1 fully saturated rings. The van der Waals surface area contributed by atoms with E-state index in [4.69, 9.17) is 27.9 Å². The highest BCUT2D eigenvalue weighted by Crippen LogP contribution is 2.43. The normalized spacial score (nSPS) is 16.5. The van der Waals surface area contributed by atoms with Gasteiger partial charge in [0.1, 0.15) is 23.9 Å². The standard InChI is InChI=1S/C31H23Cl2NO5/c1-18-13-21(9-12-26(18)39-17-19-5-3-2-4-6-19)29(36)27-28(20-7-10-25(35)11-8-20)34(31(38)30(27)37)24-15-22(32)14-23(33)16-24/h2-16,28,35-36H,17H2,1H3/b29-27+. The van der Waals surface area contributed by atoms with Gasteiger partial charge in [0, 0.05) is 21.3 Å². The van der Waals surface area contributed by atoms with Gasteiger partial charge in [-0.25, -0.2) is 0 Å². The van der Waals surface area contributed by atoms with Gasteiger partial charge in [-0.1, -0.05) is 65.7 Å². The molecule has 1 saturated heterocycles. The lowest BCUT2D eigenvalue weighted by Crippen LogP contribution is -2.29. The van der Waals surface area contributed by atoms with Crippen molar-refractivity contribution in [1.82, 2.24) is 0 Å². The smallest absolute Gasteiger partial charge is 0.300 e. The molecule has 8 heteroatoms. The fourth-order valence-corrected chi connectivity index (χ4v) is 5.11. The number of aryl methyl sites for hydroxylation is 1. The van der Waals surface area contributed by atoms with Crippen LogP contribution in [0.4, 0.5) is 5.69 Å². The Bertz CT molecular complexity index is 1580. The summed E-state index contributed by atoms with van der Waals surface area (Å²) >= 11 is 12.4. The Morgan fingerprint density at radius 2 is 1.56 bits per heavy atom. The van der Waals surface area contributed by atoms with Crippen molar-refractivity contribution in [2.24, 2.45) is 0 Å². The summed E-state index contributed by atoms with van der Waals surface area (Å²) in [6.45, 7) is 2.21. The first-order valence-corrected chi connectivity index (χ1v) is 12.8. The number of ketones is 1. The van der Waals surface area contributed by atoms with Gasteiger partial charge in [-0.3, -0.25) is 14.5 Å². The summed E-state index contributed by atoms with van der Waals surface area (Å²) in [5.74, 6) is -1.39. The minimum absolute atomic E-state index is 0.0169. The Labute approximate surface area is 235 Å². The van der Waals surface area contributed by atoms with Crippen LogP contribution in [-0.4, -0.2) is 21.9 Å². The molecular weight excluding hydrogens is 537 g/mol. The lowest BCUT2D eigenvalue weighted by molar-refractivity contribution is -0.132. The third-order valence-electron chi connectivity index (χ3n) is 6.46. The van der Waals surface area contributed by atoms with Crippen molar-refractivity contribution in [2.45, 2.75) is 19.6 Å². The molecule has 39 heavy (non-hydrogen) atoms. The minimum Gasteiger partial charge on any atom is -0.508 e. The van der Waals surface area contributed by atoms with Gasteiger partial charge < -0.3 is 14.9 Å². The molecule has 0 spiro atoms. The van der Waals surface area contributed by atoms with E-state index in [-0.39, 0.29) is 27.1 Å². The van der Waals surface area contributed by atoms with Crippen LogP contribution in [0, 0.1) is 6.92 Å². The first kappa shape index (κ1) is 26.4. The van der Waals surface area contributed by atoms with Gasteiger partial charge >= 0.3 is 0 Å². The zero-order valence-electron chi connectivity index (χ0n) is 20.8. The number of Topliss-reactive ketones (excluding diaryl/α,β-unsaturated/α-hetero) is 1. The molecular formula is C31H23Cl2NO5. The molecule has 1 amide bonds. The van der Waals surface area contributed by atoms with Gasteiger partial charge in [0.2, 0.25) is 0 Å². The van der Waals surface area contributed by atoms with E-state index in [2.05, 4.69) is 0 Å². The van der Waals surface area contributed by atoms with E-state index in [1.807, 2.05) is 37.3 Å². The van der Waals surface area contributed by atoms with Crippen LogP contribution in [-0.2, 0) is 16.2 Å². The molecule has 4 aromatic carbocycles. The first-order chi connectivity index (χ1) is 18.7. The highest BCUT2D eigenvalue weighted by molar-refractivity contribution is 6.52. The topological polar surface area (TPSA) is 87.1 Å². The number of hydrogen-bond acceptors (Lipinski definition) is 5. The van der Waals surface area contributed by atoms with Gasteiger partial charge in [0.05, 0.1) is 11.6 Å². The third kappa shape index (κ3) is 5.35. The van der Waals surface area contributed by atoms with Crippen LogP contribution in [0.5, 0.6) is 11.5 Å². The number of amides is 1. The summed E-state index contributed by atoms with van der Waals surface area (Å²) in [5.41, 5.74) is 2.81. The zero-order valence-corrected chi connectivity index (χ0v) is 22.3. The maximum atomic E-state index is 13.4. The Kier molecular flexibility index (Phi) is 7.33. The fourth-order valence-electron chi connectivity index (χ4n) is 4.60. The lowest BCUT2D eigenvalue weighted by atomic mass is 9.94. The number of carbonyl (C=O) groups is 2. The molecule has 0 aliphatic carbocycles. The number of anilines is 1. The molecule has 196 valence electrons. The molecule has 0 bridgehead atoms. The van der Waals surface area contributed by atoms with E-state index in [0.29, 0.717) is 29.2 Å². The molecule has 0 radical (unpaired) electrons. The number of aliphatic hydroxyl groups is 1. The predicted octanol–water partition coefficient (Wildman–Crippen LogP) is 7.21. The number of phenols is 1. The van der Waals surface area contributed by atoms with E-state index < -0.39 is 17.7 Å². The van der Waals surface area contributed by atoms with Crippen molar-refractivity contribution in [2.75, 3.05) is 4.90 Å². The number of ether oxygens (including phenoxy) is 1. The van der Waals surface area contributed by atoms with Gasteiger partial charge in [-0.05, 0) is 72.1 Å². The average Bonchev–Trinajstić information content (AvgIpc) is 3.18. The summed E-state index contributed by atoms with van der Waals surface area (Å²) < 4.78 is 5.94. The van der Waals surface area contributed by atoms with Crippen LogP contribution in [0.15, 0.2) is 96.6 Å². The van der Waals surface area contributed by atoms with Gasteiger partial charge in [-0.15, -0.1) is 0 Å². The Balaban J connectivity index is 1.57. The predicted molar refractivity (Wildman–Crippen MR) is 151 cm³/mol. The monoisotopic (exact) mass is 559 g/mol. The Morgan fingerprint density at radius 1 is 0.897 bits per heavy atom. The molecule has 1 aliphatic heterocycles. The van der Waals surface area contributed by atoms with Crippen molar-refractivity contribution in [3.05, 3.63) is 129 Å². The van der Waals surface area contributed by atoms with E-state index in [9.17, 15) is 19.8 Å². The van der Waals surface area contributed by atoms with Crippen molar-refractivity contribution >= 4 is 46.3 Å². The van der Waals surface area contributed by atoms with Crippen LogP contribution < -0.4 is 9.64 Å². The van der Waals surface area contributed by atoms with E-state index in [1.54, 1.807) is 30.3 Å². The summed E-state index contributed by atoms with van der Waals surface area (Å²) in [6, 6.07) is 24.4. The molecule has 0 saturated carbocycles. The second-order valence-electron chi connectivity index (χ2n) is 9.14. The van der Waals surface area contributed by atoms with Gasteiger partial charge in [0.15, 0.2) is 0 Å². The molecule has 4 aromatic rings. The number of phenolic OH excluding ortho intramolecular Hbond substituents is 1. The highest BCUT2D eigenvalue weighted by Gasteiger charge is 2.47. The van der Waals surface area contributed by atoms with Crippen molar-refractivity contribution in [3.8, 4) is 11.5 Å². The zero-order chi connectivity index (χ0) is 27.7. The maximum absolute atomic E-state index is 13.4. The van der Waals surface area contributed by atoms with Crippen molar-refractivity contribution in [1.29, 1.82) is 0 Å². The SMILES string of the molecule is Cc1cc(/C(O)=C2\C(=O)C(=O)N(c3cc(Cl)cc(Cl)c3)C2c2ccc(O)cc2)ccc1OCc1ccccc1. The minimum atomic E-state index is -0.991. The van der Waals surface area contributed by atoms with Crippen molar-refractivity contribution in [3.63, 3.8) is 0 Å². The molecule has 5 rings (SSSR count). The highest BCUT2D eigenvalue weighted by atomic mass is 35.5. The number of rotatable bonds is 6. The van der Waals surface area contributed by atoms with Gasteiger partial charge in [-0.2, -0.15) is 0 Å². The molecule has 1 aliphatic rings.